The van der Waals surface area contributed by atoms with Gasteiger partial charge in [-0.2, -0.15) is 0 Å². The van der Waals surface area contributed by atoms with Gasteiger partial charge >= 0.3 is 0 Å². The topological polar surface area (TPSA) is 38.8 Å². The van der Waals surface area contributed by atoms with E-state index in [-0.39, 0.29) is 0 Å². The molecule has 2 aliphatic heterocycles. The summed E-state index contributed by atoms with van der Waals surface area (Å²) in [7, 11) is 2.12. The van der Waals surface area contributed by atoms with E-state index in [9.17, 15) is 4.79 Å². The number of carbonyl (C=O) groups excluding carboxylic acids is 1. The molecule has 1 atom stereocenters. The summed E-state index contributed by atoms with van der Waals surface area (Å²) in [6.45, 7) is 12.0. The second kappa shape index (κ2) is 8.11. The fourth-order valence-electron chi connectivity index (χ4n) is 3.20. The van der Waals surface area contributed by atoms with E-state index in [0.717, 1.165) is 45.8 Å². The van der Waals surface area contributed by atoms with Gasteiger partial charge in [-0.15, -0.1) is 0 Å². The Balaban J connectivity index is 1.82. The first kappa shape index (κ1) is 16.7. The molecule has 122 valence electrons. The molecule has 0 radical (unpaired) electrons. The SMILES string of the molecule is CC(C)N(CC(=O)N1CCN(C)CC1)CC1CCCNC1. The zero-order valence-corrected chi connectivity index (χ0v) is 14.0. The van der Waals surface area contributed by atoms with Gasteiger partial charge in [0.15, 0.2) is 0 Å². The van der Waals surface area contributed by atoms with Gasteiger partial charge in [-0.3, -0.25) is 9.69 Å². The Morgan fingerprint density at radius 3 is 2.57 bits per heavy atom. The largest absolute Gasteiger partial charge is 0.339 e. The number of nitrogens with zero attached hydrogens (tertiary/aromatic N) is 3. The number of hydrogen-bond acceptors (Lipinski definition) is 4. The number of nitrogens with one attached hydrogen (secondary N) is 1. The van der Waals surface area contributed by atoms with Crippen LogP contribution in [0.25, 0.3) is 0 Å². The summed E-state index contributed by atoms with van der Waals surface area (Å²) in [5.74, 6) is 1.00. The van der Waals surface area contributed by atoms with Crippen LogP contribution in [0.5, 0.6) is 0 Å². The maximum atomic E-state index is 12.5. The molecule has 2 saturated heterocycles. The predicted octanol–water partition coefficient (Wildman–Crippen LogP) is 0.470. The van der Waals surface area contributed by atoms with Crippen LogP contribution in [0.4, 0.5) is 0 Å². The number of rotatable bonds is 5. The maximum Gasteiger partial charge on any atom is 0.236 e. The minimum atomic E-state index is 0.306. The summed E-state index contributed by atoms with van der Waals surface area (Å²) in [5.41, 5.74) is 0. The van der Waals surface area contributed by atoms with Gasteiger partial charge in [0.05, 0.1) is 6.54 Å². The second-order valence-corrected chi connectivity index (χ2v) is 6.92. The highest BCUT2D eigenvalue weighted by atomic mass is 16.2. The Morgan fingerprint density at radius 1 is 1.29 bits per heavy atom. The highest BCUT2D eigenvalue weighted by Crippen LogP contribution is 2.14. The molecule has 1 unspecified atom stereocenters. The van der Waals surface area contributed by atoms with E-state index >= 15 is 0 Å². The van der Waals surface area contributed by atoms with Crippen LogP contribution < -0.4 is 5.32 Å². The molecule has 0 saturated carbocycles. The summed E-state index contributed by atoms with van der Waals surface area (Å²) >= 11 is 0. The van der Waals surface area contributed by atoms with Crippen molar-refractivity contribution < 1.29 is 4.79 Å². The molecule has 2 aliphatic rings. The first-order valence-electron chi connectivity index (χ1n) is 8.47. The molecule has 0 spiro atoms. The lowest BCUT2D eigenvalue weighted by Crippen LogP contribution is -2.51. The van der Waals surface area contributed by atoms with Gasteiger partial charge in [0.25, 0.3) is 0 Å². The molecular formula is C16H32N4O. The van der Waals surface area contributed by atoms with Crippen molar-refractivity contribution in [2.24, 2.45) is 5.92 Å². The molecule has 1 N–H and O–H groups in total. The minimum absolute atomic E-state index is 0.306. The summed E-state index contributed by atoms with van der Waals surface area (Å²) in [5, 5.41) is 3.47. The summed E-state index contributed by atoms with van der Waals surface area (Å²) in [6, 6.07) is 0.434. The van der Waals surface area contributed by atoms with Crippen molar-refractivity contribution in [2.75, 3.05) is 59.4 Å². The van der Waals surface area contributed by atoms with Crippen LogP contribution in [-0.2, 0) is 4.79 Å². The zero-order chi connectivity index (χ0) is 15.2. The fourth-order valence-corrected chi connectivity index (χ4v) is 3.20. The molecule has 0 bridgehead atoms. The molecule has 0 aliphatic carbocycles. The van der Waals surface area contributed by atoms with Crippen molar-refractivity contribution in [3.05, 3.63) is 0 Å². The highest BCUT2D eigenvalue weighted by molar-refractivity contribution is 5.78. The van der Waals surface area contributed by atoms with Crippen LogP contribution in [-0.4, -0.2) is 86.1 Å². The van der Waals surface area contributed by atoms with E-state index in [0.29, 0.717) is 24.4 Å². The average Bonchev–Trinajstić information content (AvgIpc) is 2.48. The van der Waals surface area contributed by atoms with Crippen LogP contribution in [0.1, 0.15) is 26.7 Å². The number of hydrogen-bond donors (Lipinski definition) is 1. The molecule has 5 heteroatoms. The molecule has 0 aromatic rings. The molecule has 21 heavy (non-hydrogen) atoms. The van der Waals surface area contributed by atoms with E-state index in [1.807, 2.05) is 4.90 Å². The molecule has 2 heterocycles. The minimum Gasteiger partial charge on any atom is -0.339 e. The Kier molecular flexibility index (Phi) is 6.45. The lowest BCUT2D eigenvalue weighted by Gasteiger charge is -2.36. The van der Waals surface area contributed by atoms with E-state index < -0.39 is 0 Å². The van der Waals surface area contributed by atoms with Crippen LogP contribution in [0.15, 0.2) is 0 Å². The van der Waals surface area contributed by atoms with Gasteiger partial charge in [-0.25, -0.2) is 0 Å². The van der Waals surface area contributed by atoms with E-state index in [2.05, 4.69) is 36.0 Å². The van der Waals surface area contributed by atoms with Gasteiger partial charge in [0, 0.05) is 38.8 Å². The third kappa shape index (κ3) is 5.24. The first-order chi connectivity index (χ1) is 10.1. The lowest BCUT2D eigenvalue weighted by molar-refractivity contribution is -0.134. The monoisotopic (exact) mass is 296 g/mol. The number of carbonyl (C=O) groups is 1. The van der Waals surface area contributed by atoms with Crippen LogP contribution in [0.2, 0.25) is 0 Å². The summed E-state index contributed by atoms with van der Waals surface area (Å²) in [4.78, 5) is 19.2. The summed E-state index contributed by atoms with van der Waals surface area (Å²) < 4.78 is 0. The molecule has 2 fully saturated rings. The van der Waals surface area contributed by atoms with Gasteiger partial charge < -0.3 is 15.1 Å². The standard InChI is InChI=1S/C16H32N4O/c1-14(2)20(12-15-5-4-6-17-11-15)13-16(21)19-9-7-18(3)8-10-19/h14-15,17H,4-13H2,1-3H3. The Labute approximate surface area is 129 Å². The quantitative estimate of drug-likeness (QED) is 0.800. The van der Waals surface area contributed by atoms with Crippen molar-refractivity contribution in [3.8, 4) is 0 Å². The van der Waals surface area contributed by atoms with Gasteiger partial charge in [-0.1, -0.05) is 0 Å². The molecule has 1 amide bonds. The van der Waals surface area contributed by atoms with Crippen molar-refractivity contribution in [2.45, 2.75) is 32.7 Å². The molecule has 5 nitrogen and oxygen atoms in total. The van der Waals surface area contributed by atoms with Crippen LogP contribution in [0, 0.1) is 5.92 Å². The number of likely N-dealkylation sites (N-methyl/N-ethyl adjacent to an activating group) is 1. The van der Waals surface area contributed by atoms with Crippen molar-refractivity contribution in [1.29, 1.82) is 0 Å². The van der Waals surface area contributed by atoms with Gasteiger partial charge in [0.2, 0.25) is 5.91 Å². The highest BCUT2D eigenvalue weighted by Gasteiger charge is 2.24. The Bertz CT molecular complexity index is 320. The van der Waals surface area contributed by atoms with Crippen LogP contribution in [0.3, 0.4) is 0 Å². The van der Waals surface area contributed by atoms with Crippen LogP contribution >= 0.6 is 0 Å². The normalized spacial score (nSPS) is 24.8. The van der Waals surface area contributed by atoms with E-state index in [1.165, 1.54) is 12.8 Å². The second-order valence-electron chi connectivity index (χ2n) is 6.92. The molecule has 2 rings (SSSR count). The average molecular weight is 296 g/mol. The number of amides is 1. The Morgan fingerprint density at radius 2 is 2.00 bits per heavy atom. The van der Waals surface area contributed by atoms with E-state index in [4.69, 9.17) is 0 Å². The summed E-state index contributed by atoms with van der Waals surface area (Å²) in [6.07, 6.45) is 2.56. The van der Waals surface area contributed by atoms with E-state index in [1.54, 1.807) is 0 Å². The van der Waals surface area contributed by atoms with Crippen molar-refractivity contribution >= 4 is 5.91 Å². The Hall–Kier alpha value is -0.650. The number of piperidine rings is 1. The van der Waals surface area contributed by atoms with Crippen molar-refractivity contribution in [3.63, 3.8) is 0 Å². The predicted molar refractivity (Wildman–Crippen MR) is 86.4 cm³/mol. The third-order valence-electron chi connectivity index (χ3n) is 4.82. The zero-order valence-electron chi connectivity index (χ0n) is 14.0. The maximum absolute atomic E-state index is 12.5. The number of piperazine rings is 1. The first-order valence-corrected chi connectivity index (χ1v) is 8.47. The molecule has 0 aromatic heterocycles. The van der Waals surface area contributed by atoms with Gasteiger partial charge in [0.1, 0.15) is 0 Å². The van der Waals surface area contributed by atoms with Crippen molar-refractivity contribution in [1.82, 2.24) is 20.0 Å². The molecule has 0 aromatic carbocycles. The fraction of sp³-hybridized carbons (Fsp3) is 0.938. The smallest absolute Gasteiger partial charge is 0.236 e. The lowest BCUT2D eigenvalue weighted by atomic mass is 9.98. The third-order valence-corrected chi connectivity index (χ3v) is 4.82. The molecular weight excluding hydrogens is 264 g/mol. The van der Waals surface area contributed by atoms with Gasteiger partial charge in [-0.05, 0) is 52.7 Å².